The van der Waals surface area contributed by atoms with Crippen LogP contribution in [0, 0.1) is 11.3 Å². The molecule has 0 aromatic carbocycles. The third-order valence-electron chi connectivity index (χ3n) is 1.27. The molecule has 0 spiro atoms. The standard InChI is InChI=1S/C8H13NO3/c1-3-4-8(11-2)12-7(10)5-6-9/h8H,3-5H2,1-2H3. The zero-order chi connectivity index (χ0) is 9.40. The zero-order valence-corrected chi connectivity index (χ0v) is 7.37. The second-order valence-electron chi connectivity index (χ2n) is 2.28. The molecule has 0 aliphatic carbocycles. The number of esters is 1. The Bertz CT molecular complexity index is 174. The predicted molar refractivity (Wildman–Crippen MR) is 42.0 cm³/mol. The van der Waals surface area contributed by atoms with Crippen LogP contribution in [0.15, 0.2) is 0 Å². The lowest BCUT2D eigenvalue weighted by atomic mass is 10.3. The molecule has 0 saturated carbocycles. The highest BCUT2D eigenvalue weighted by Crippen LogP contribution is 2.03. The van der Waals surface area contributed by atoms with E-state index in [4.69, 9.17) is 14.7 Å². The first-order valence-electron chi connectivity index (χ1n) is 3.83. The van der Waals surface area contributed by atoms with Crippen LogP contribution >= 0.6 is 0 Å². The first kappa shape index (κ1) is 10.9. The molecule has 0 aliphatic rings. The van der Waals surface area contributed by atoms with Crippen molar-refractivity contribution in [2.45, 2.75) is 32.5 Å². The second-order valence-corrected chi connectivity index (χ2v) is 2.28. The molecule has 0 heterocycles. The average molecular weight is 171 g/mol. The van der Waals surface area contributed by atoms with Crippen LogP contribution in [0.3, 0.4) is 0 Å². The highest BCUT2D eigenvalue weighted by molar-refractivity contribution is 5.71. The van der Waals surface area contributed by atoms with Gasteiger partial charge in [0.1, 0.15) is 6.42 Å². The minimum absolute atomic E-state index is 0.219. The molecule has 4 nitrogen and oxygen atoms in total. The van der Waals surface area contributed by atoms with E-state index in [0.29, 0.717) is 6.42 Å². The van der Waals surface area contributed by atoms with Crippen LogP contribution in [0.1, 0.15) is 26.2 Å². The lowest BCUT2D eigenvalue weighted by Crippen LogP contribution is -2.19. The van der Waals surface area contributed by atoms with Crippen LogP contribution < -0.4 is 0 Å². The lowest BCUT2D eigenvalue weighted by Gasteiger charge is -2.13. The molecule has 0 N–H and O–H groups in total. The summed E-state index contributed by atoms with van der Waals surface area (Å²) in [6, 6.07) is 1.71. The number of carbonyl (C=O) groups excluding carboxylic acids is 1. The molecule has 0 aromatic heterocycles. The molecule has 4 heteroatoms. The quantitative estimate of drug-likeness (QED) is 0.461. The fourth-order valence-corrected chi connectivity index (χ4v) is 0.713. The smallest absolute Gasteiger partial charge is 0.322 e. The third kappa shape index (κ3) is 4.69. The number of ether oxygens (including phenoxy) is 2. The van der Waals surface area contributed by atoms with E-state index in [1.807, 2.05) is 6.92 Å². The van der Waals surface area contributed by atoms with Crippen molar-refractivity contribution < 1.29 is 14.3 Å². The zero-order valence-electron chi connectivity index (χ0n) is 7.37. The van der Waals surface area contributed by atoms with Crippen LogP contribution in [0.5, 0.6) is 0 Å². The Balaban J connectivity index is 3.70. The number of methoxy groups -OCH3 is 1. The number of hydrogen-bond acceptors (Lipinski definition) is 4. The number of carbonyl (C=O) groups is 1. The van der Waals surface area contributed by atoms with E-state index in [0.717, 1.165) is 6.42 Å². The number of rotatable bonds is 5. The molecule has 12 heavy (non-hydrogen) atoms. The minimum Gasteiger partial charge on any atom is -0.435 e. The van der Waals surface area contributed by atoms with Crippen LogP contribution in [0.4, 0.5) is 0 Å². The summed E-state index contributed by atoms with van der Waals surface area (Å²) in [4.78, 5) is 10.8. The summed E-state index contributed by atoms with van der Waals surface area (Å²) >= 11 is 0. The molecule has 68 valence electrons. The van der Waals surface area contributed by atoms with Crippen molar-refractivity contribution in [2.75, 3.05) is 7.11 Å². The van der Waals surface area contributed by atoms with Crippen LogP contribution in [-0.2, 0) is 14.3 Å². The largest absolute Gasteiger partial charge is 0.435 e. The lowest BCUT2D eigenvalue weighted by molar-refractivity contribution is -0.173. The van der Waals surface area contributed by atoms with Gasteiger partial charge in [-0.1, -0.05) is 13.3 Å². The van der Waals surface area contributed by atoms with Gasteiger partial charge in [-0.25, -0.2) is 0 Å². The fourth-order valence-electron chi connectivity index (χ4n) is 0.713. The molecular weight excluding hydrogens is 158 g/mol. The highest BCUT2D eigenvalue weighted by Gasteiger charge is 2.11. The Hall–Kier alpha value is -1.08. The van der Waals surface area contributed by atoms with Crippen molar-refractivity contribution in [2.24, 2.45) is 0 Å². The van der Waals surface area contributed by atoms with Gasteiger partial charge in [-0.2, -0.15) is 5.26 Å². The van der Waals surface area contributed by atoms with E-state index in [2.05, 4.69) is 0 Å². The summed E-state index contributed by atoms with van der Waals surface area (Å²) in [7, 11) is 1.47. The van der Waals surface area contributed by atoms with Gasteiger partial charge in [0, 0.05) is 13.5 Å². The molecule has 0 rings (SSSR count). The van der Waals surface area contributed by atoms with E-state index in [1.54, 1.807) is 6.07 Å². The van der Waals surface area contributed by atoms with E-state index in [9.17, 15) is 4.79 Å². The van der Waals surface area contributed by atoms with Crippen molar-refractivity contribution >= 4 is 5.97 Å². The van der Waals surface area contributed by atoms with Gasteiger partial charge in [0.25, 0.3) is 0 Å². The van der Waals surface area contributed by atoms with Gasteiger partial charge in [0.05, 0.1) is 6.07 Å². The molecule has 1 atom stereocenters. The summed E-state index contributed by atoms with van der Waals surface area (Å²) < 4.78 is 9.65. The Morgan fingerprint density at radius 3 is 2.75 bits per heavy atom. The Morgan fingerprint density at radius 2 is 2.33 bits per heavy atom. The number of hydrogen-bond donors (Lipinski definition) is 0. The van der Waals surface area contributed by atoms with E-state index in [-0.39, 0.29) is 6.42 Å². The third-order valence-corrected chi connectivity index (χ3v) is 1.27. The van der Waals surface area contributed by atoms with Gasteiger partial charge < -0.3 is 9.47 Å². The van der Waals surface area contributed by atoms with E-state index in [1.165, 1.54) is 7.11 Å². The van der Waals surface area contributed by atoms with Gasteiger partial charge in [-0.15, -0.1) is 0 Å². The normalized spacial score (nSPS) is 11.8. The first-order valence-corrected chi connectivity index (χ1v) is 3.83. The van der Waals surface area contributed by atoms with E-state index < -0.39 is 12.3 Å². The topological polar surface area (TPSA) is 59.3 Å². The second kappa shape index (κ2) is 6.62. The summed E-state index contributed by atoms with van der Waals surface area (Å²) in [5.41, 5.74) is 0. The summed E-state index contributed by atoms with van der Waals surface area (Å²) in [5.74, 6) is -0.530. The fraction of sp³-hybridized carbons (Fsp3) is 0.750. The molecule has 0 aliphatic heterocycles. The molecule has 0 bridgehead atoms. The van der Waals surface area contributed by atoms with Gasteiger partial charge >= 0.3 is 5.97 Å². The van der Waals surface area contributed by atoms with E-state index >= 15 is 0 Å². The monoisotopic (exact) mass is 171 g/mol. The maximum Gasteiger partial charge on any atom is 0.322 e. The highest BCUT2D eigenvalue weighted by atomic mass is 16.7. The van der Waals surface area contributed by atoms with Crippen LogP contribution in [-0.4, -0.2) is 19.4 Å². The van der Waals surface area contributed by atoms with Crippen LogP contribution in [0.2, 0.25) is 0 Å². The molecule has 0 saturated heterocycles. The predicted octanol–water partition coefficient (Wildman–Crippen LogP) is 1.22. The Morgan fingerprint density at radius 1 is 1.67 bits per heavy atom. The number of nitriles is 1. The first-order chi connectivity index (χ1) is 5.74. The molecule has 0 amide bonds. The molecule has 1 unspecified atom stereocenters. The Labute approximate surface area is 72.1 Å². The maximum absolute atomic E-state index is 10.8. The summed E-state index contributed by atoms with van der Waals surface area (Å²) in [6.07, 6.45) is 0.811. The SMILES string of the molecule is CCCC(OC)OC(=O)CC#N. The summed E-state index contributed by atoms with van der Waals surface area (Å²) in [6.45, 7) is 1.96. The number of nitrogens with zero attached hydrogens (tertiary/aromatic N) is 1. The van der Waals surface area contributed by atoms with Crippen molar-refractivity contribution in [3.63, 3.8) is 0 Å². The van der Waals surface area contributed by atoms with Gasteiger partial charge in [0.15, 0.2) is 0 Å². The Kier molecular flexibility index (Phi) is 6.02. The summed E-state index contributed by atoms with van der Waals surface area (Å²) in [5, 5.41) is 8.16. The van der Waals surface area contributed by atoms with Crippen molar-refractivity contribution in [3.8, 4) is 6.07 Å². The molecule has 0 radical (unpaired) electrons. The molecule has 0 fully saturated rings. The minimum atomic E-state index is -0.530. The molecular formula is C8H13NO3. The van der Waals surface area contributed by atoms with Crippen LogP contribution in [0.25, 0.3) is 0 Å². The maximum atomic E-state index is 10.8. The average Bonchev–Trinajstić information content (AvgIpc) is 2.04. The van der Waals surface area contributed by atoms with Gasteiger partial charge in [-0.3, -0.25) is 4.79 Å². The molecule has 0 aromatic rings. The van der Waals surface area contributed by atoms with Crippen molar-refractivity contribution in [1.29, 1.82) is 5.26 Å². The van der Waals surface area contributed by atoms with Crippen molar-refractivity contribution in [3.05, 3.63) is 0 Å². The van der Waals surface area contributed by atoms with Gasteiger partial charge in [-0.05, 0) is 0 Å². The van der Waals surface area contributed by atoms with Crippen molar-refractivity contribution in [1.82, 2.24) is 0 Å². The van der Waals surface area contributed by atoms with Gasteiger partial charge in [0.2, 0.25) is 6.29 Å².